The molecule has 1 amide bonds. The smallest absolute Gasteiger partial charge is 0.411 e. The summed E-state index contributed by atoms with van der Waals surface area (Å²) in [6.07, 6.45) is 9.63. The Morgan fingerprint density at radius 2 is 1.87 bits per heavy atom. The van der Waals surface area contributed by atoms with E-state index in [0.29, 0.717) is 36.8 Å². The van der Waals surface area contributed by atoms with Crippen LogP contribution >= 0.6 is 0 Å². The standard InChI is InChI=1S/C25H44N2O4/c1-4-13-27(16-28)22(29)31-19-8-10-23(2)17(14-19)5-6-21-20(23)9-11-24(3)18(15-26)7-12-25(21,24)30/h17-21,28,30H,4-16,26H2,1-3H3/t17-,18-,19+,20+,21-,23+,24-,25+/m1/s1. The van der Waals surface area contributed by atoms with Crippen molar-refractivity contribution in [2.75, 3.05) is 19.8 Å². The summed E-state index contributed by atoms with van der Waals surface area (Å²) in [5.41, 5.74) is 5.72. The van der Waals surface area contributed by atoms with Gasteiger partial charge in [-0.3, -0.25) is 4.90 Å². The maximum Gasteiger partial charge on any atom is 0.411 e. The lowest BCUT2D eigenvalue weighted by Crippen LogP contribution is -2.62. The zero-order valence-electron chi connectivity index (χ0n) is 19.8. The number of carbonyl (C=O) groups excluding carboxylic acids is 1. The number of amides is 1. The van der Waals surface area contributed by atoms with Crippen LogP contribution in [0.15, 0.2) is 0 Å². The van der Waals surface area contributed by atoms with Gasteiger partial charge in [0.15, 0.2) is 0 Å². The monoisotopic (exact) mass is 436 g/mol. The maximum atomic E-state index is 12.5. The van der Waals surface area contributed by atoms with Gasteiger partial charge in [-0.1, -0.05) is 20.8 Å². The lowest BCUT2D eigenvalue weighted by Gasteiger charge is -2.63. The maximum absolute atomic E-state index is 12.5. The fourth-order valence-electron chi connectivity index (χ4n) is 8.49. The Hall–Kier alpha value is -0.850. The molecule has 6 heteroatoms. The third-order valence-electron chi connectivity index (χ3n) is 10.5. The van der Waals surface area contributed by atoms with Crippen molar-refractivity contribution in [1.29, 1.82) is 0 Å². The van der Waals surface area contributed by atoms with E-state index in [-0.39, 0.29) is 29.8 Å². The number of ether oxygens (including phenoxy) is 1. The van der Waals surface area contributed by atoms with Gasteiger partial charge in [0, 0.05) is 12.0 Å². The molecule has 0 aliphatic heterocycles. The molecule has 0 heterocycles. The van der Waals surface area contributed by atoms with Crippen molar-refractivity contribution >= 4 is 6.09 Å². The van der Waals surface area contributed by atoms with Crippen molar-refractivity contribution < 1.29 is 19.7 Å². The molecule has 4 aliphatic carbocycles. The van der Waals surface area contributed by atoms with Crippen LogP contribution in [0.5, 0.6) is 0 Å². The number of hydrogen-bond donors (Lipinski definition) is 3. The summed E-state index contributed by atoms with van der Waals surface area (Å²) in [6, 6.07) is 0. The zero-order valence-corrected chi connectivity index (χ0v) is 19.8. The molecule has 4 fully saturated rings. The van der Waals surface area contributed by atoms with Crippen molar-refractivity contribution in [2.24, 2.45) is 40.2 Å². The van der Waals surface area contributed by atoms with Crippen LogP contribution in [0.25, 0.3) is 0 Å². The fraction of sp³-hybridized carbons (Fsp3) is 0.960. The second kappa shape index (κ2) is 8.49. The molecule has 0 spiro atoms. The van der Waals surface area contributed by atoms with Crippen molar-refractivity contribution in [3.05, 3.63) is 0 Å². The van der Waals surface area contributed by atoms with Gasteiger partial charge in [-0.25, -0.2) is 4.79 Å². The highest BCUT2D eigenvalue weighted by molar-refractivity contribution is 5.67. The molecule has 0 saturated heterocycles. The largest absolute Gasteiger partial charge is 0.446 e. The summed E-state index contributed by atoms with van der Waals surface area (Å²) in [4.78, 5) is 13.8. The average molecular weight is 437 g/mol. The van der Waals surface area contributed by atoms with E-state index in [9.17, 15) is 15.0 Å². The molecule has 4 aliphatic rings. The first-order valence-electron chi connectivity index (χ1n) is 12.7. The normalized spacial score (nSPS) is 46.6. The molecule has 0 unspecified atom stereocenters. The number of hydrogen-bond acceptors (Lipinski definition) is 5. The summed E-state index contributed by atoms with van der Waals surface area (Å²) < 4.78 is 5.82. The van der Waals surface area contributed by atoms with Gasteiger partial charge < -0.3 is 20.7 Å². The van der Waals surface area contributed by atoms with Gasteiger partial charge in [-0.05, 0) is 99.8 Å². The predicted molar refractivity (Wildman–Crippen MR) is 120 cm³/mol. The lowest BCUT2D eigenvalue weighted by atomic mass is 9.43. The van der Waals surface area contributed by atoms with Crippen LogP contribution in [0, 0.1) is 34.5 Å². The number of carbonyl (C=O) groups is 1. The average Bonchev–Trinajstić information content (AvgIpc) is 3.02. The summed E-state index contributed by atoms with van der Waals surface area (Å²) in [7, 11) is 0. The van der Waals surface area contributed by atoms with Crippen LogP contribution < -0.4 is 5.73 Å². The number of fused-ring (bicyclic) bond motifs is 5. The number of aliphatic hydroxyl groups excluding tert-OH is 1. The van der Waals surface area contributed by atoms with E-state index in [1.165, 1.54) is 11.3 Å². The molecule has 4 N–H and O–H groups in total. The molecule has 0 aromatic carbocycles. The van der Waals surface area contributed by atoms with Crippen molar-refractivity contribution in [1.82, 2.24) is 4.90 Å². The van der Waals surface area contributed by atoms with E-state index in [1.54, 1.807) is 0 Å². The van der Waals surface area contributed by atoms with Crippen LogP contribution in [-0.2, 0) is 4.74 Å². The van der Waals surface area contributed by atoms with E-state index in [2.05, 4.69) is 13.8 Å². The highest BCUT2D eigenvalue weighted by Gasteiger charge is 2.66. The van der Waals surface area contributed by atoms with E-state index in [1.807, 2.05) is 6.92 Å². The van der Waals surface area contributed by atoms with Gasteiger partial charge in [0.05, 0.1) is 5.60 Å². The second-order valence-electron chi connectivity index (χ2n) is 11.5. The van der Waals surface area contributed by atoms with Crippen molar-refractivity contribution in [3.8, 4) is 0 Å². The highest BCUT2D eigenvalue weighted by Crippen LogP contribution is 2.68. The first-order chi connectivity index (χ1) is 14.7. The molecule has 0 aromatic heterocycles. The molecule has 4 saturated carbocycles. The minimum atomic E-state index is -0.570. The van der Waals surface area contributed by atoms with Gasteiger partial charge >= 0.3 is 6.09 Å². The highest BCUT2D eigenvalue weighted by atomic mass is 16.6. The van der Waals surface area contributed by atoms with E-state index in [4.69, 9.17) is 10.5 Å². The third-order valence-corrected chi connectivity index (χ3v) is 10.5. The van der Waals surface area contributed by atoms with Gasteiger partial charge in [-0.15, -0.1) is 0 Å². The Labute approximate surface area is 187 Å². The first kappa shape index (κ1) is 23.3. The number of nitrogens with two attached hydrogens (primary N) is 1. The Kier molecular flexibility index (Phi) is 6.39. The molecule has 0 bridgehead atoms. The van der Waals surface area contributed by atoms with Crippen LogP contribution in [0.2, 0.25) is 0 Å². The quantitative estimate of drug-likeness (QED) is 0.568. The van der Waals surface area contributed by atoms with Crippen molar-refractivity contribution in [2.45, 2.75) is 96.7 Å². The molecule has 0 radical (unpaired) electrons. The van der Waals surface area contributed by atoms with Crippen molar-refractivity contribution in [3.63, 3.8) is 0 Å². The summed E-state index contributed by atoms with van der Waals surface area (Å²) in [6.45, 7) is 7.67. The van der Waals surface area contributed by atoms with Crippen LogP contribution in [-0.4, -0.2) is 52.7 Å². The minimum absolute atomic E-state index is 0.0358. The molecule has 31 heavy (non-hydrogen) atoms. The lowest BCUT2D eigenvalue weighted by molar-refractivity contribution is -0.209. The Balaban J connectivity index is 1.46. The Bertz CT molecular complexity index is 674. The molecular formula is C25H44N2O4. The topological polar surface area (TPSA) is 96.0 Å². The molecule has 0 aromatic rings. The fourth-order valence-corrected chi connectivity index (χ4v) is 8.49. The van der Waals surface area contributed by atoms with Crippen LogP contribution in [0.1, 0.15) is 85.0 Å². The van der Waals surface area contributed by atoms with E-state index in [0.717, 1.165) is 57.8 Å². The SMILES string of the molecule is CCCN(CO)C(=O)O[C@H]1CC[C@@]2(C)[C@H](CC[C@@H]3[C@@H]2CC[C@]2(C)[C@@H](CN)CC[C@]32O)C1. The van der Waals surface area contributed by atoms with Gasteiger partial charge in [0.25, 0.3) is 0 Å². The molecule has 6 nitrogen and oxygen atoms in total. The molecule has 178 valence electrons. The summed E-state index contributed by atoms with van der Waals surface area (Å²) in [5, 5.41) is 21.5. The van der Waals surface area contributed by atoms with Crippen LogP contribution in [0.3, 0.4) is 0 Å². The van der Waals surface area contributed by atoms with Crippen LogP contribution in [0.4, 0.5) is 4.79 Å². The summed E-state index contributed by atoms with van der Waals surface area (Å²) >= 11 is 0. The third kappa shape index (κ3) is 3.52. The first-order valence-corrected chi connectivity index (χ1v) is 12.7. The summed E-state index contributed by atoms with van der Waals surface area (Å²) in [5.74, 6) is 1.90. The van der Waals surface area contributed by atoms with Gasteiger partial charge in [0.2, 0.25) is 0 Å². The minimum Gasteiger partial charge on any atom is -0.446 e. The molecule has 8 atom stereocenters. The van der Waals surface area contributed by atoms with E-state index < -0.39 is 5.60 Å². The predicted octanol–water partition coefficient (Wildman–Crippen LogP) is 3.89. The van der Waals surface area contributed by atoms with E-state index >= 15 is 0 Å². The molecular weight excluding hydrogens is 392 g/mol. The Morgan fingerprint density at radius 3 is 2.55 bits per heavy atom. The second-order valence-corrected chi connectivity index (χ2v) is 11.5. The number of rotatable bonds is 5. The van der Waals surface area contributed by atoms with Gasteiger partial charge in [0.1, 0.15) is 12.8 Å². The Morgan fingerprint density at radius 1 is 1.10 bits per heavy atom. The number of nitrogens with zero attached hydrogens (tertiary/aromatic N) is 1. The van der Waals surface area contributed by atoms with Gasteiger partial charge in [-0.2, -0.15) is 0 Å². The number of aliphatic hydroxyl groups is 2. The molecule has 4 rings (SSSR count). The zero-order chi connectivity index (χ0) is 22.4.